The van der Waals surface area contributed by atoms with E-state index in [1.807, 2.05) is 74.5 Å². The Hall–Kier alpha value is -3.76. The molecule has 0 amide bonds. The fraction of sp³-hybridized carbons (Fsp3) is 0.273. The van der Waals surface area contributed by atoms with E-state index in [0.717, 1.165) is 47.3 Å². The van der Waals surface area contributed by atoms with Crippen molar-refractivity contribution in [2.75, 3.05) is 6.61 Å². The van der Waals surface area contributed by atoms with Crippen LogP contribution in [0.1, 0.15) is 56.4 Å². The van der Waals surface area contributed by atoms with Gasteiger partial charge in [0.1, 0.15) is 17.1 Å². The van der Waals surface area contributed by atoms with Crippen LogP contribution in [0.2, 0.25) is 0 Å². The Balaban J connectivity index is 1.50. The van der Waals surface area contributed by atoms with Gasteiger partial charge in [-0.1, -0.05) is 79.8 Å². The molecule has 194 valence electrons. The van der Waals surface area contributed by atoms with Crippen molar-refractivity contribution >= 4 is 18.2 Å². The number of hydrogen-bond donors (Lipinski definition) is 1. The summed E-state index contributed by atoms with van der Waals surface area (Å²) in [7, 11) is 0. The molecule has 0 fully saturated rings. The number of allylic oxidation sites excluding steroid dienone is 2. The standard InChI is InChI=1S/C33H38O4/c1-5-32(35-6-2)36-30-19-15-26(16-20-30)9-7-8-10-27-17-21-31(22-18-27)37-33(3,4)25-29-13-11-28(12-14-29)23-24-34/h7-24,32,34H,5-6,25H2,1-4H3. The van der Waals surface area contributed by atoms with Crippen LogP contribution in [0, 0.1) is 0 Å². The molecule has 3 aromatic carbocycles. The van der Waals surface area contributed by atoms with Gasteiger partial charge in [0.25, 0.3) is 0 Å². The van der Waals surface area contributed by atoms with E-state index in [1.165, 1.54) is 5.56 Å². The van der Waals surface area contributed by atoms with Crippen LogP contribution in [0.3, 0.4) is 0 Å². The van der Waals surface area contributed by atoms with Gasteiger partial charge in [-0.05, 0) is 73.4 Å². The lowest BCUT2D eigenvalue weighted by Crippen LogP contribution is -2.30. The summed E-state index contributed by atoms with van der Waals surface area (Å²) < 4.78 is 17.7. The third kappa shape index (κ3) is 9.66. The summed E-state index contributed by atoms with van der Waals surface area (Å²) in [5, 5.41) is 8.90. The Labute approximate surface area is 221 Å². The first kappa shape index (κ1) is 27.8. The van der Waals surface area contributed by atoms with Gasteiger partial charge in [0.15, 0.2) is 6.29 Å². The number of ether oxygens (including phenoxy) is 3. The second-order valence-corrected chi connectivity index (χ2v) is 9.36. The van der Waals surface area contributed by atoms with E-state index in [0.29, 0.717) is 6.61 Å². The summed E-state index contributed by atoms with van der Waals surface area (Å²) in [6, 6.07) is 24.2. The molecule has 0 aromatic heterocycles. The van der Waals surface area contributed by atoms with Crippen molar-refractivity contribution in [3.05, 3.63) is 113 Å². The summed E-state index contributed by atoms with van der Waals surface area (Å²) in [5.74, 6) is 1.65. The number of hydrogen-bond acceptors (Lipinski definition) is 4. The monoisotopic (exact) mass is 498 g/mol. The number of benzene rings is 3. The molecule has 0 spiro atoms. The zero-order chi connectivity index (χ0) is 26.5. The quantitative estimate of drug-likeness (QED) is 0.146. The van der Waals surface area contributed by atoms with E-state index in [2.05, 4.69) is 50.3 Å². The van der Waals surface area contributed by atoms with E-state index in [1.54, 1.807) is 6.08 Å². The largest absolute Gasteiger partial charge is 0.516 e. The second kappa shape index (κ2) is 14.1. The molecule has 0 heterocycles. The Morgan fingerprint density at radius 1 is 0.730 bits per heavy atom. The molecule has 0 radical (unpaired) electrons. The molecule has 4 heteroatoms. The third-order valence-corrected chi connectivity index (χ3v) is 5.67. The van der Waals surface area contributed by atoms with Gasteiger partial charge in [-0.25, -0.2) is 0 Å². The number of aliphatic hydroxyl groups is 1. The first-order valence-electron chi connectivity index (χ1n) is 12.8. The van der Waals surface area contributed by atoms with Gasteiger partial charge in [-0.2, -0.15) is 0 Å². The zero-order valence-electron chi connectivity index (χ0n) is 22.3. The first-order chi connectivity index (χ1) is 17.9. The summed E-state index contributed by atoms with van der Waals surface area (Å²) in [4.78, 5) is 0. The van der Waals surface area contributed by atoms with Crippen molar-refractivity contribution in [2.24, 2.45) is 0 Å². The minimum absolute atomic E-state index is 0.203. The normalized spacial score (nSPS) is 13.0. The fourth-order valence-electron chi connectivity index (χ4n) is 3.89. The van der Waals surface area contributed by atoms with Gasteiger partial charge in [-0.15, -0.1) is 0 Å². The third-order valence-electron chi connectivity index (χ3n) is 5.67. The number of aliphatic hydroxyl groups excluding tert-OH is 1. The highest BCUT2D eigenvalue weighted by molar-refractivity contribution is 5.58. The van der Waals surface area contributed by atoms with Crippen molar-refractivity contribution in [2.45, 2.75) is 52.4 Å². The van der Waals surface area contributed by atoms with Crippen LogP contribution < -0.4 is 9.47 Å². The highest BCUT2D eigenvalue weighted by Gasteiger charge is 2.20. The molecule has 37 heavy (non-hydrogen) atoms. The lowest BCUT2D eigenvalue weighted by molar-refractivity contribution is -0.0766. The Kier molecular flexibility index (Phi) is 10.6. The van der Waals surface area contributed by atoms with Crippen LogP contribution in [-0.2, 0) is 11.2 Å². The van der Waals surface area contributed by atoms with Crippen LogP contribution in [0.4, 0.5) is 0 Å². The zero-order valence-corrected chi connectivity index (χ0v) is 22.3. The smallest absolute Gasteiger partial charge is 0.199 e. The Morgan fingerprint density at radius 3 is 1.76 bits per heavy atom. The maximum absolute atomic E-state index is 8.90. The van der Waals surface area contributed by atoms with Gasteiger partial charge in [0.2, 0.25) is 0 Å². The van der Waals surface area contributed by atoms with Crippen molar-refractivity contribution in [1.82, 2.24) is 0 Å². The maximum atomic E-state index is 8.90. The second-order valence-electron chi connectivity index (χ2n) is 9.36. The molecule has 0 saturated carbocycles. The van der Waals surface area contributed by atoms with Crippen LogP contribution in [0.5, 0.6) is 11.5 Å². The molecule has 3 rings (SSSR count). The van der Waals surface area contributed by atoms with Gasteiger partial charge in [-0.3, -0.25) is 0 Å². The molecule has 0 aliphatic heterocycles. The van der Waals surface area contributed by atoms with Crippen molar-refractivity contribution < 1.29 is 19.3 Å². The maximum Gasteiger partial charge on any atom is 0.199 e. The van der Waals surface area contributed by atoms with Gasteiger partial charge in [0, 0.05) is 19.4 Å². The average Bonchev–Trinajstić information content (AvgIpc) is 2.89. The van der Waals surface area contributed by atoms with Crippen molar-refractivity contribution in [1.29, 1.82) is 0 Å². The minimum atomic E-state index is -0.352. The van der Waals surface area contributed by atoms with Gasteiger partial charge in [0.05, 0.1) is 6.26 Å². The highest BCUT2D eigenvalue weighted by atomic mass is 16.7. The van der Waals surface area contributed by atoms with Crippen LogP contribution in [-0.4, -0.2) is 23.6 Å². The molecule has 1 N–H and O–H groups in total. The lowest BCUT2D eigenvalue weighted by Gasteiger charge is -2.27. The number of rotatable bonds is 13. The molecule has 0 saturated heterocycles. The summed E-state index contributed by atoms with van der Waals surface area (Å²) in [6.45, 7) is 8.84. The highest BCUT2D eigenvalue weighted by Crippen LogP contribution is 2.23. The van der Waals surface area contributed by atoms with Gasteiger partial charge >= 0.3 is 0 Å². The minimum Gasteiger partial charge on any atom is -0.516 e. The molecule has 0 bridgehead atoms. The van der Waals surface area contributed by atoms with E-state index in [9.17, 15) is 0 Å². The van der Waals surface area contributed by atoms with E-state index in [4.69, 9.17) is 19.3 Å². The SMILES string of the molecule is CCOC(CC)Oc1ccc(C=CC=Cc2ccc(OC(C)(C)Cc3ccc(C=CO)cc3)cc2)cc1. The Morgan fingerprint density at radius 2 is 1.24 bits per heavy atom. The molecular weight excluding hydrogens is 460 g/mol. The molecule has 0 aliphatic carbocycles. The van der Waals surface area contributed by atoms with Crippen molar-refractivity contribution in [3.63, 3.8) is 0 Å². The summed E-state index contributed by atoms with van der Waals surface area (Å²) in [6.07, 6.45) is 12.3. The topological polar surface area (TPSA) is 47.9 Å². The van der Waals surface area contributed by atoms with E-state index in [-0.39, 0.29) is 11.9 Å². The predicted molar refractivity (Wildman–Crippen MR) is 154 cm³/mol. The fourth-order valence-corrected chi connectivity index (χ4v) is 3.89. The summed E-state index contributed by atoms with van der Waals surface area (Å²) in [5.41, 5.74) is 4.01. The molecule has 1 atom stereocenters. The first-order valence-corrected chi connectivity index (χ1v) is 12.8. The van der Waals surface area contributed by atoms with Crippen LogP contribution >= 0.6 is 0 Å². The summed E-state index contributed by atoms with van der Waals surface area (Å²) >= 11 is 0. The molecular formula is C33H38O4. The average molecular weight is 499 g/mol. The predicted octanol–water partition coefficient (Wildman–Crippen LogP) is 8.49. The van der Waals surface area contributed by atoms with Crippen LogP contribution in [0.25, 0.3) is 18.2 Å². The molecule has 4 nitrogen and oxygen atoms in total. The Bertz CT molecular complexity index is 1150. The van der Waals surface area contributed by atoms with E-state index >= 15 is 0 Å². The molecule has 1 unspecified atom stereocenters. The van der Waals surface area contributed by atoms with Crippen molar-refractivity contribution in [3.8, 4) is 11.5 Å². The molecule has 3 aromatic rings. The lowest BCUT2D eigenvalue weighted by atomic mass is 9.97. The van der Waals surface area contributed by atoms with E-state index < -0.39 is 0 Å². The van der Waals surface area contributed by atoms with Gasteiger partial charge < -0.3 is 19.3 Å². The van der Waals surface area contributed by atoms with Crippen LogP contribution in [0.15, 0.2) is 91.2 Å². The molecule has 0 aliphatic rings.